The lowest BCUT2D eigenvalue weighted by Gasteiger charge is -2.21. The number of aryl methyl sites for hydroxylation is 2. The zero-order chi connectivity index (χ0) is 17.6. The van der Waals surface area contributed by atoms with Crippen molar-refractivity contribution in [2.24, 2.45) is 5.92 Å². The Morgan fingerprint density at radius 3 is 2.48 bits per heavy atom. The van der Waals surface area contributed by atoms with Crippen molar-refractivity contribution in [3.63, 3.8) is 0 Å². The molecule has 0 saturated carbocycles. The molecule has 1 amide bonds. The SMILES string of the molecule is CCN(CC(=O)NCCC(C)C)S(=O)(=O)c1cc(C)ccc1C. The molecular weight excluding hydrogens is 312 g/mol. The second kappa shape index (κ2) is 8.45. The standard InChI is InChI=1S/C17H28N2O3S/c1-6-19(12-17(20)18-10-9-13(2)3)23(21,22)16-11-14(4)7-8-15(16)5/h7-8,11,13H,6,9-10,12H2,1-5H3,(H,18,20). The van der Waals surface area contributed by atoms with Gasteiger partial charge in [-0.3, -0.25) is 4.79 Å². The lowest BCUT2D eigenvalue weighted by Crippen LogP contribution is -2.41. The molecule has 0 radical (unpaired) electrons. The van der Waals surface area contributed by atoms with Gasteiger partial charge in [-0.25, -0.2) is 8.42 Å². The van der Waals surface area contributed by atoms with E-state index in [-0.39, 0.29) is 23.9 Å². The van der Waals surface area contributed by atoms with Gasteiger partial charge in [-0.15, -0.1) is 0 Å². The van der Waals surface area contributed by atoms with Crippen molar-refractivity contribution >= 4 is 15.9 Å². The molecule has 6 heteroatoms. The summed E-state index contributed by atoms with van der Waals surface area (Å²) < 4.78 is 26.8. The number of amides is 1. The summed E-state index contributed by atoms with van der Waals surface area (Å²) in [5, 5.41) is 2.78. The largest absolute Gasteiger partial charge is 0.355 e. The van der Waals surface area contributed by atoms with Crippen LogP contribution in [0.3, 0.4) is 0 Å². The Balaban J connectivity index is 2.87. The first-order valence-corrected chi connectivity index (χ1v) is 9.46. The summed E-state index contributed by atoms with van der Waals surface area (Å²) in [5.74, 6) is 0.234. The molecule has 0 aromatic heterocycles. The molecule has 1 aromatic rings. The van der Waals surface area contributed by atoms with Crippen LogP contribution in [0.4, 0.5) is 0 Å². The third kappa shape index (κ3) is 5.62. The third-order valence-electron chi connectivity index (χ3n) is 3.68. The van der Waals surface area contributed by atoms with E-state index in [2.05, 4.69) is 19.2 Å². The maximum atomic E-state index is 12.8. The number of carbonyl (C=O) groups excluding carboxylic acids is 1. The minimum atomic E-state index is -3.67. The Morgan fingerprint density at radius 2 is 1.91 bits per heavy atom. The number of sulfonamides is 1. The quantitative estimate of drug-likeness (QED) is 0.790. The van der Waals surface area contributed by atoms with Crippen molar-refractivity contribution in [2.75, 3.05) is 19.6 Å². The molecule has 1 rings (SSSR count). The number of nitrogens with one attached hydrogen (secondary N) is 1. The number of likely N-dealkylation sites (N-methyl/N-ethyl adjacent to an activating group) is 1. The molecule has 0 heterocycles. The van der Waals surface area contributed by atoms with Crippen LogP contribution < -0.4 is 5.32 Å². The summed E-state index contributed by atoms with van der Waals surface area (Å²) in [6.45, 7) is 10.2. The fraction of sp³-hybridized carbons (Fsp3) is 0.588. The zero-order valence-electron chi connectivity index (χ0n) is 14.7. The van der Waals surface area contributed by atoms with Gasteiger partial charge in [-0.2, -0.15) is 4.31 Å². The van der Waals surface area contributed by atoms with Gasteiger partial charge in [0.1, 0.15) is 0 Å². The predicted molar refractivity (Wildman–Crippen MR) is 92.8 cm³/mol. The predicted octanol–water partition coefficient (Wildman–Crippen LogP) is 2.48. The maximum absolute atomic E-state index is 12.8. The molecule has 0 fully saturated rings. The van der Waals surface area contributed by atoms with E-state index < -0.39 is 10.0 Å². The van der Waals surface area contributed by atoms with Crippen molar-refractivity contribution in [1.82, 2.24) is 9.62 Å². The van der Waals surface area contributed by atoms with Crippen LogP contribution in [0.1, 0.15) is 38.3 Å². The number of nitrogens with zero attached hydrogens (tertiary/aromatic N) is 1. The Morgan fingerprint density at radius 1 is 1.26 bits per heavy atom. The summed E-state index contributed by atoms with van der Waals surface area (Å²) in [6.07, 6.45) is 0.877. The molecule has 0 atom stereocenters. The van der Waals surface area contributed by atoms with Crippen molar-refractivity contribution in [1.29, 1.82) is 0 Å². The zero-order valence-corrected chi connectivity index (χ0v) is 15.5. The van der Waals surface area contributed by atoms with E-state index in [0.717, 1.165) is 12.0 Å². The number of hydrogen-bond acceptors (Lipinski definition) is 3. The van der Waals surface area contributed by atoms with Gasteiger partial charge in [0, 0.05) is 13.1 Å². The molecule has 0 aliphatic heterocycles. The second-order valence-electron chi connectivity index (χ2n) is 6.23. The first-order chi connectivity index (χ1) is 10.7. The van der Waals surface area contributed by atoms with Crippen LogP contribution in [-0.2, 0) is 14.8 Å². The van der Waals surface area contributed by atoms with E-state index in [1.54, 1.807) is 26.0 Å². The van der Waals surface area contributed by atoms with Crippen LogP contribution in [-0.4, -0.2) is 38.3 Å². The molecule has 1 aromatic carbocycles. The Bertz CT molecular complexity index is 639. The van der Waals surface area contributed by atoms with Gasteiger partial charge < -0.3 is 5.32 Å². The molecule has 0 unspecified atom stereocenters. The molecule has 5 nitrogen and oxygen atoms in total. The molecule has 1 N–H and O–H groups in total. The summed E-state index contributed by atoms with van der Waals surface area (Å²) >= 11 is 0. The summed E-state index contributed by atoms with van der Waals surface area (Å²) in [5.41, 5.74) is 1.57. The number of benzene rings is 1. The Hall–Kier alpha value is -1.40. The Kier molecular flexibility index (Phi) is 7.22. The second-order valence-corrected chi connectivity index (χ2v) is 8.14. The first kappa shape index (κ1) is 19.6. The molecule has 0 aliphatic carbocycles. The van der Waals surface area contributed by atoms with Crippen LogP contribution in [0, 0.1) is 19.8 Å². The summed E-state index contributed by atoms with van der Waals surface area (Å²) in [6, 6.07) is 5.33. The van der Waals surface area contributed by atoms with Crippen LogP contribution in [0.2, 0.25) is 0 Å². The van der Waals surface area contributed by atoms with Crippen molar-refractivity contribution in [2.45, 2.75) is 45.9 Å². The summed E-state index contributed by atoms with van der Waals surface area (Å²) in [7, 11) is -3.67. The van der Waals surface area contributed by atoms with Crippen molar-refractivity contribution in [3.8, 4) is 0 Å². The van der Waals surface area contributed by atoms with Gasteiger partial charge in [-0.05, 0) is 43.4 Å². The number of hydrogen-bond donors (Lipinski definition) is 1. The molecule has 0 aliphatic rings. The van der Waals surface area contributed by atoms with Crippen molar-refractivity contribution < 1.29 is 13.2 Å². The van der Waals surface area contributed by atoms with Crippen molar-refractivity contribution in [3.05, 3.63) is 29.3 Å². The summed E-state index contributed by atoms with van der Waals surface area (Å²) in [4.78, 5) is 12.3. The van der Waals surface area contributed by atoms with Gasteiger partial charge in [0.15, 0.2) is 0 Å². The fourth-order valence-electron chi connectivity index (χ4n) is 2.21. The normalized spacial score (nSPS) is 12.0. The lowest BCUT2D eigenvalue weighted by atomic mass is 10.1. The van der Waals surface area contributed by atoms with Gasteiger partial charge >= 0.3 is 0 Å². The molecule has 0 bridgehead atoms. The minimum absolute atomic E-state index is 0.149. The topological polar surface area (TPSA) is 66.5 Å². The monoisotopic (exact) mass is 340 g/mol. The highest BCUT2D eigenvalue weighted by atomic mass is 32.2. The molecule has 130 valence electrons. The smallest absolute Gasteiger partial charge is 0.243 e. The van der Waals surface area contributed by atoms with E-state index in [0.29, 0.717) is 18.0 Å². The maximum Gasteiger partial charge on any atom is 0.243 e. The highest BCUT2D eigenvalue weighted by Crippen LogP contribution is 2.21. The van der Waals surface area contributed by atoms with Gasteiger partial charge in [0.05, 0.1) is 11.4 Å². The molecular formula is C17H28N2O3S. The highest BCUT2D eigenvalue weighted by Gasteiger charge is 2.26. The minimum Gasteiger partial charge on any atom is -0.355 e. The van der Waals surface area contributed by atoms with Crippen LogP contribution in [0.15, 0.2) is 23.1 Å². The van der Waals surface area contributed by atoms with Gasteiger partial charge in [-0.1, -0.05) is 32.9 Å². The molecule has 0 saturated heterocycles. The van der Waals surface area contributed by atoms with E-state index in [1.807, 2.05) is 13.0 Å². The van der Waals surface area contributed by atoms with Gasteiger partial charge in [0.25, 0.3) is 0 Å². The number of rotatable bonds is 8. The highest BCUT2D eigenvalue weighted by molar-refractivity contribution is 7.89. The average Bonchev–Trinajstić information content (AvgIpc) is 2.46. The van der Waals surface area contributed by atoms with Gasteiger partial charge in [0.2, 0.25) is 15.9 Å². The van der Waals surface area contributed by atoms with Crippen LogP contribution >= 0.6 is 0 Å². The van der Waals surface area contributed by atoms with E-state index in [9.17, 15) is 13.2 Å². The van der Waals surface area contributed by atoms with E-state index in [1.165, 1.54) is 4.31 Å². The van der Waals surface area contributed by atoms with Crippen LogP contribution in [0.25, 0.3) is 0 Å². The molecule has 23 heavy (non-hydrogen) atoms. The fourth-order valence-corrected chi connectivity index (χ4v) is 3.92. The third-order valence-corrected chi connectivity index (χ3v) is 5.74. The van der Waals surface area contributed by atoms with E-state index >= 15 is 0 Å². The first-order valence-electron chi connectivity index (χ1n) is 8.02. The Labute approximate surface area is 140 Å². The number of carbonyl (C=O) groups is 1. The average molecular weight is 340 g/mol. The van der Waals surface area contributed by atoms with E-state index in [4.69, 9.17) is 0 Å². The van der Waals surface area contributed by atoms with Crippen LogP contribution in [0.5, 0.6) is 0 Å². The lowest BCUT2D eigenvalue weighted by molar-refractivity contribution is -0.121. The molecule has 0 spiro atoms.